The third kappa shape index (κ3) is 3.27. The SMILES string of the molecule is COC(=O)c1ccccc1COc1ccc(Cl)c(F)c1. The van der Waals surface area contributed by atoms with Gasteiger partial charge in [0.1, 0.15) is 18.2 Å². The molecule has 104 valence electrons. The van der Waals surface area contributed by atoms with Crippen molar-refractivity contribution in [1.29, 1.82) is 0 Å². The first-order valence-corrected chi connectivity index (χ1v) is 6.23. The summed E-state index contributed by atoms with van der Waals surface area (Å²) in [6.07, 6.45) is 0. The summed E-state index contributed by atoms with van der Waals surface area (Å²) in [5.74, 6) is -0.650. The Hall–Kier alpha value is -2.07. The second-order valence-corrected chi connectivity index (χ2v) is 4.42. The van der Waals surface area contributed by atoms with Crippen molar-refractivity contribution in [3.8, 4) is 5.75 Å². The molecule has 0 aliphatic rings. The Balaban J connectivity index is 2.14. The quantitative estimate of drug-likeness (QED) is 0.804. The van der Waals surface area contributed by atoms with Crippen LogP contribution in [0.4, 0.5) is 4.39 Å². The number of hydrogen-bond acceptors (Lipinski definition) is 3. The summed E-state index contributed by atoms with van der Waals surface area (Å²) in [4.78, 5) is 11.6. The maximum atomic E-state index is 13.3. The lowest BCUT2D eigenvalue weighted by molar-refractivity contribution is 0.0597. The molecule has 0 bridgehead atoms. The topological polar surface area (TPSA) is 35.5 Å². The fraction of sp³-hybridized carbons (Fsp3) is 0.133. The number of halogens is 2. The first-order chi connectivity index (χ1) is 9.61. The van der Waals surface area contributed by atoms with E-state index in [1.165, 1.54) is 19.2 Å². The van der Waals surface area contributed by atoms with E-state index in [9.17, 15) is 9.18 Å². The molecule has 0 atom stereocenters. The van der Waals surface area contributed by atoms with E-state index in [2.05, 4.69) is 0 Å². The third-order valence-corrected chi connectivity index (χ3v) is 3.01. The van der Waals surface area contributed by atoms with Crippen LogP contribution in [0.15, 0.2) is 42.5 Å². The Morgan fingerprint density at radius 1 is 1.25 bits per heavy atom. The molecule has 0 amide bonds. The Bertz CT molecular complexity index is 628. The van der Waals surface area contributed by atoms with Gasteiger partial charge in [-0.3, -0.25) is 0 Å². The minimum atomic E-state index is -0.551. The smallest absolute Gasteiger partial charge is 0.338 e. The van der Waals surface area contributed by atoms with Gasteiger partial charge in [-0.05, 0) is 18.2 Å². The lowest BCUT2D eigenvalue weighted by Crippen LogP contribution is -2.07. The molecule has 0 aliphatic carbocycles. The van der Waals surface area contributed by atoms with Crippen LogP contribution in [0, 0.1) is 5.82 Å². The van der Waals surface area contributed by atoms with Gasteiger partial charge in [-0.15, -0.1) is 0 Å². The van der Waals surface area contributed by atoms with Crippen LogP contribution in [0.3, 0.4) is 0 Å². The van der Waals surface area contributed by atoms with Gasteiger partial charge >= 0.3 is 5.97 Å². The van der Waals surface area contributed by atoms with Crippen LogP contribution in [-0.2, 0) is 11.3 Å². The molecule has 5 heteroatoms. The average Bonchev–Trinajstić information content (AvgIpc) is 2.48. The number of methoxy groups -OCH3 is 1. The van der Waals surface area contributed by atoms with Gasteiger partial charge in [0.2, 0.25) is 0 Å². The zero-order valence-electron chi connectivity index (χ0n) is 10.7. The van der Waals surface area contributed by atoms with Crippen molar-refractivity contribution in [1.82, 2.24) is 0 Å². The number of benzene rings is 2. The summed E-state index contributed by atoms with van der Waals surface area (Å²) in [5, 5.41) is 0.0345. The number of carbonyl (C=O) groups excluding carboxylic acids is 1. The van der Waals surface area contributed by atoms with Gasteiger partial charge in [0, 0.05) is 11.6 Å². The molecule has 0 spiro atoms. The first-order valence-electron chi connectivity index (χ1n) is 5.86. The van der Waals surface area contributed by atoms with Gasteiger partial charge in [-0.2, -0.15) is 0 Å². The Morgan fingerprint density at radius 3 is 2.70 bits per heavy atom. The number of carbonyl (C=O) groups is 1. The van der Waals surface area contributed by atoms with E-state index < -0.39 is 11.8 Å². The van der Waals surface area contributed by atoms with Crippen LogP contribution in [0.1, 0.15) is 15.9 Å². The molecule has 0 saturated carbocycles. The van der Waals surface area contributed by atoms with Gasteiger partial charge < -0.3 is 9.47 Å². The van der Waals surface area contributed by atoms with E-state index in [0.717, 1.165) is 0 Å². The van der Waals surface area contributed by atoms with Crippen molar-refractivity contribution in [3.63, 3.8) is 0 Å². The highest BCUT2D eigenvalue weighted by Crippen LogP contribution is 2.21. The molecule has 0 unspecified atom stereocenters. The molecule has 0 saturated heterocycles. The van der Waals surface area contributed by atoms with Gasteiger partial charge in [0.05, 0.1) is 17.7 Å². The largest absolute Gasteiger partial charge is 0.489 e. The molecular formula is C15H12ClFO3. The van der Waals surface area contributed by atoms with E-state index in [1.807, 2.05) is 0 Å². The molecule has 2 aromatic rings. The molecule has 3 nitrogen and oxygen atoms in total. The molecule has 20 heavy (non-hydrogen) atoms. The van der Waals surface area contributed by atoms with E-state index in [-0.39, 0.29) is 11.6 Å². The summed E-state index contributed by atoms with van der Waals surface area (Å²) in [7, 11) is 1.31. The van der Waals surface area contributed by atoms with Crippen molar-refractivity contribution in [2.75, 3.05) is 7.11 Å². The molecule has 2 rings (SSSR count). The van der Waals surface area contributed by atoms with Crippen LogP contribution in [0.5, 0.6) is 5.75 Å². The van der Waals surface area contributed by atoms with Crippen molar-refractivity contribution in [2.24, 2.45) is 0 Å². The van der Waals surface area contributed by atoms with Gasteiger partial charge in [0.15, 0.2) is 0 Å². The van der Waals surface area contributed by atoms with E-state index in [4.69, 9.17) is 21.1 Å². The van der Waals surface area contributed by atoms with Crippen molar-refractivity contribution in [3.05, 3.63) is 64.4 Å². The van der Waals surface area contributed by atoms with Crippen molar-refractivity contribution < 1.29 is 18.7 Å². The lowest BCUT2D eigenvalue weighted by Gasteiger charge is -2.10. The predicted octanol–water partition coefficient (Wildman–Crippen LogP) is 3.84. The molecule has 0 fully saturated rings. The second-order valence-electron chi connectivity index (χ2n) is 4.01. The van der Waals surface area contributed by atoms with Crippen LogP contribution in [0.25, 0.3) is 0 Å². The standard InChI is InChI=1S/C15H12ClFO3/c1-19-15(18)12-5-3-2-4-10(12)9-20-11-6-7-13(16)14(17)8-11/h2-8H,9H2,1H3. The minimum Gasteiger partial charge on any atom is -0.489 e. The summed E-state index contributed by atoms with van der Waals surface area (Å²) >= 11 is 5.59. The number of rotatable bonds is 4. The maximum absolute atomic E-state index is 13.3. The second kappa shape index (κ2) is 6.39. The monoisotopic (exact) mass is 294 g/mol. The molecule has 0 aromatic heterocycles. The van der Waals surface area contributed by atoms with Crippen molar-refractivity contribution in [2.45, 2.75) is 6.61 Å². The Kier molecular flexibility index (Phi) is 4.58. The first kappa shape index (κ1) is 14.3. The Labute approximate surface area is 120 Å². The Morgan fingerprint density at radius 2 is 2.00 bits per heavy atom. The summed E-state index contributed by atoms with van der Waals surface area (Å²) < 4.78 is 23.4. The predicted molar refractivity (Wildman–Crippen MR) is 73.5 cm³/mol. The van der Waals surface area contributed by atoms with Crippen molar-refractivity contribution >= 4 is 17.6 Å². The van der Waals surface area contributed by atoms with Crippen LogP contribution in [0.2, 0.25) is 5.02 Å². The van der Waals surface area contributed by atoms with E-state index >= 15 is 0 Å². The highest BCUT2D eigenvalue weighted by Gasteiger charge is 2.11. The fourth-order valence-electron chi connectivity index (χ4n) is 1.68. The number of hydrogen-bond donors (Lipinski definition) is 0. The maximum Gasteiger partial charge on any atom is 0.338 e. The molecule has 0 aliphatic heterocycles. The van der Waals surface area contributed by atoms with Crippen LogP contribution >= 0.6 is 11.6 Å². The molecule has 2 aromatic carbocycles. The van der Waals surface area contributed by atoms with Crippen LogP contribution < -0.4 is 4.74 Å². The normalized spacial score (nSPS) is 10.2. The zero-order chi connectivity index (χ0) is 14.5. The zero-order valence-corrected chi connectivity index (χ0v) is 11.5. The fourth-order valence-corrected chi connectivity index (χ4v) is 1.80. The number of ether oxygens (including phenoxy) is 2. The third-order valence-electron chi connectivity index (χ3n) is 2.71. The van der Waals surface area contributed by atoms with Crippen LogP contribution in [-0.4, -0.2) is 13.1 Å². The van der Waals surface area contributed by atoms with E-state index in [0.29, 0.717) is 16.9 Å². The van der Waals surface area contributed by atoms with Gasteiger partial charge in [0.25, 0.3) is 0 Å². The van der Waals surface area contributed by atoms with Gasteiger partial charge in [-0.1, -0.05) is 29.8 Å². The highest BCUT2D eigenvalue weighted by molar-refractivity contribution is 6.30. The van der Waals surface area contributed by atoms with E-state index in [1.54, 1.807) is 30.3 Å². The van der Waals surface area contributed by atoms with Gasteiger partial charge in [-0.25, -0.2) is 9.18 Å². The molecule has 0 N–H and O–H groups in total. The summed E-state index contributed by atoms with van der Waals surface area (Å²) in [6.45, 7) is 0.131. The lowest BCUT2D eigenvalue weighted by atomic mass is 10.1. The number of esters is 1. The highest BCUT2D eigenvalue weighted by atomic mass is 35.5. The molecular weight excluding hydrogens is 283 g/mol. The summed E-state index contributed by atoms with van der Waals surface area (Å²) in [6, 6.07) is 11.1. The summed E-state index contributed by atoms with van der Waals surface area (Å²) in [5.41, 5.74) is 1.08. The minimum absolute atomic E-state index is 0.0345. The molecule has 0 heterocycles. The molecule has 0 radical (unpaired) electrons. The average molecular weight is 295 g/mol.